The molecule has 1 heterocycles. The van der Waals surface area contributed by atoms with Crippen molar-refractivity contribution in [3.05, 3.63) is 36.0 Å². The number of phenolic OH excluding ortho intramolecular Hbond substituents is 1. The first-order valence-corrected chi connectivity index (χ1v) is 5.61. The zero-order chi connectivity index (χ0) is 12.8. The van der Waals surface area contributed by atoms with Gasteiger partial charge in [0, 0.05) is 19.5 Å². The lowest BCUT2D eigenvalue weighted by Crippen LogP contribution is -2.17. The summed E-state index contributed by atoms with van der Waals surface area (Å²) in [6, 6.07) is 5.27. The third-order valence-electron chi connectivity index (χ3n) is 2.51. The summed E-state index contributed by atoms with van der Waals surface area (Å²) in [4.78, 5) is 3.93. The molecule has 0 aliphatic heterocycles. The smallest absolute Gasteiger partial charge is 0.213 e. The molecule has 18 heavy (non-hydrogen) atoms. The molecule has 0 saturated carbocycles. The number of rotatable bonds is 6. The highest BCUT2D eigenvalue weighted by Crippen LogP contribution is 2.25. The molecule has 6 heteroatoms. The van der Waals surface area contributed by atoms with Gasteiger partial charge in [-0.25, -0.2) is 0 Å². The Balaban J connectivity index is 1.79. The minimum Gasteiger partial charge on any atom is -0.504 e. The summed E-state index contributed by atoms with van der Waals surface area (Å²) in [7, 11) is 1.53. The zero-order valence-electron chi connectivity index (χ0n) is 10.1. The Hall–Kier alpha value is -2.08. The van der Waals surface area contributed by atoms with Crippen LogP contribution < -0.4 is 10.1 Å². The first kappa shape index (κ1) is 12.4. The molecule has 2 rings (SSSR count). The van der Waals surface area contributed by atoms with E-state index in [0.717, 1.165) is 12.1 Å². The summed E-state index contributed by atoms with van der Waals surface area (Å²) in [5.74, 6) is 1.31. The van der Waals surface area contributed by atoms with Crippen molar-refractivity contribution >= 4 is 0 Å². The monoisotopic (exact) mass is 249 g/mol. The number of ether oxygens (including phenoxy) is 1. The van der Waals surface area contributed by atoms with Crippen molar-refractivity contribution in [2.75, 3.05) is 13.7 Å². The molecule has 1 aromatic carbocycles. The summed E-state index contributed by atoms with van der Waals surface area (Å²) in [6.45, 7) is 1.44. The SMILES string of the molecule is COc1cc(CNCCc2ncon2)ccc1O. The first-order chi connectivity index (χ1) is 8.79. The van der Waals surface area contributed by atoms with Gasteiger partial charge in [-0.2, -0.15) is 4.98 Å². The molecule has 1 aromatic heterocycles. The fourth-order valence-corrected chi connectivity index (χ4v) is 1.57. The van der Waals surface area contributed by atoms with E-state index in [0.29, 0.717) is 24.5 Å². The maximum Gasteiger partial charge on any atom is 0.213 e. The number of methoxy groups -OCH3 is 1. The van der Waals surface area contributed by atoms with E-state index in [4.69, 9.17) is 4.74 Å². The van der Waals surface area contributed by atoms with E-state index in [1.807, 2.05) is 6.07 Å². The highest BCUT2D eigenvalue weighted by Gasteiger charge is 2.02. The Bertz CT molecular complexity index is 485. The lowest BCUT2D eigenvalue weighted by atomic mass is 10.2. The number of aromatic nitrogens is 2. The zero-order valence-corrected chi connectivity index (χ0v) is 10.1. The van der Waals surface area contributed by atoms with Crippen molar-refractivity contribution in [1.82, 2.24) is 15.5 Å². The van der Waals surface area contributed by atoms with Crippen LogP contribution in [-0.4, -0.2) is 28.9 Å². The number of hydrogen-bond acceptors (Lipinski definition) is 6. The molecule has 2 N–H and O–H groups in total. The third kappa shape index (κ3) is 3.21. The molecule has 0 unspecified atom stereocenters. The Morgan fingerprint density at radius 3 is 3.06 bits per heavy atom. The summed E-state index contributed by atoms with van der Waals surface area (Å²) in [5, 5.41) is 16.4. The van der Waals surface area contributed by atoms with Crippen molar-refractivity contribution in [1.29, 1.82) is 0 Å². The topological polar surface area (TPSA) is 80.4 Å². The van der Waals surface area contributed by atoms with Gasteiger partial charge in [0.1, 0.15) is 0 Å². The summed E-state index contributed by atoms with van der Waals surface area (Å²) < 4.78 is 9.68. The van der Waals surface area contributed by atoms with Gasteiger partial charge in [0.05, 0.1) is 7.11 Å². The molecule has 0 fully saturated rings. The molecule has 0 aliphatic carbocycles. The molecule has 6 nitrogen and oxygen atoms in total. The highest BCUT2D eigenvalue weighted by molar-refractivity contribution is 5.41. The van der Waals surface area contributed by atoms with Crippen LogP contribution in [0.25, 0.3) is 0 Å². The lowest BCUT2D eigenvalue weighted by Gasteiger charge is -2.07. The minimum atomic E-state index is 0.146. The number of benzene rings is 1. The highest BCUT2D eigenvalue weighted by atomic mass is 16.5. The van der Waals surface area contributed by atoms with Crippen LogP contribution in [0.2, 0.25) is 0 Å². The quantitative estimate of drug-likeness (QED) is 0.747. The Morgan fingerprint density at radius 1 is 1.44 bits per heavy atom. The molecular weight excluding hydrogens is 234 g/mol. The fourth-order valence-electron chi connectivity index (χ4n) is 1.57. The first-order valence-electron chi connectivity index (χ1n) is 5.61. The molecule has 0 spiro atoms. The second-order valence-electron chi connectivity index (χ2n) is 3.78. The molecule has 96 valence electrons. The van der Waals surface area contributed by atoms with E-state index < -0.39 is 0 Å². The van der Waals surface area contributed by atoms with Gasteiger partial charge in [-0.05, 0) is 17.7 Å². The van der Waals surface area contributed by atoms with Crippen LogP contribution in [-0.2, 0) is 13.0 Å². The minimum absolute atomic E-state index is 0.146. The fraction of sp³-hybridized carbons (Fsp3) is 0.333. The van der Waals surface area contributed by atoms with Crippen molar-refractivity contribution in [3.8, 4) is 11.5 Å². The normalized spacial score (nSPS) is 10.5. The van der Waals surface area contributed by atoms with E-state index in [2.05, 4.69) is 20.0 Å². The Kier molecular flexibility index (Phi) is 4.14. The lowest BCUT2D eigenvalue weighted by molar-refractivity contribution is 0.373. The van der Waals surface area contributed by atoms with Gasteiger partial charge in [0.15, 0.2) is 17.3 Å². The largest absolute Gasteiger partial charge is 0.504 e. The number of phenols is 1. The summed E-state index contributed by atoms with van der Waals surface area (Å²) >= 11 is 0. The molecule has 2 aromatic rings. The van der Waals surface area contributed by atoms with Gasteiger partial charge in [0.2, 0.25) is 6.39 Å². The molecule has 0 aliphatic rings. The van der Waals surface area contributed by atoms with Crippen molar-refractivity contribution in [3.63, 3.8) is 0 Å². The van der Waals surface area contributed by atoms with Gasteiger partial charge in [-0.3, -0.25) is 0 Å². The third-order valence-corrected chi connectivity index (χ3v) is 2.51. The van der Waals surface area contributed by atoms with Gasteiger partial charge in [0.25, 0.3) is 0 Å². The Morgan fingerprint density at radius 2 is 2.33 bits per heavy atom. The van der Waals surface area contributed by atoms with E-state index in [1.165, 1.54) is 13.5 Å². The van der Waals surface area contributed by atoms with E-state index >= 15 is 0 Å². The van der Waals surface area contributed by atoms with Gasteiger partial charge < -0.3 is 19.7 Å². The maximum atomic E-state index is 9.46. The number of nitrogens with one attached hydrogen (secondary N) is 1. The van der Waals surface area contributed by atoms with Crippen LogP contribution in [0.4, 0.5) is 0 Å². The van der Waals surface area contributed by atoms with Crippen LogP contribution in [0.15, 0.2) is 29.1 Å². The molecule has 0 bridgehead atoms. The standard InChI is InChI=1S/C12H15N3O3/c1-17-11-6-9(2-3-10(11)16)7-13-5-4-12-14-8-18-15-12/h2-3,6,8,13,16H,4-5,7H2,1H3. The summed E-state index contributed by atoms with van der Waals surface area (Å²) in [5.41, 5.74) is 1.04. The van der Waals surface area contributed by atoms with Crippen molar-refractivity contribution in [2.45, 2.75) is 13.0 Å². The Labute approximate surface area is 105 Å². The second kappa shape index (κ2) is 6.02. The van der Waals surface area contributed by atoms with Crippen LogP contribution in [0.3, 0.4) is 0 Å². The van der Waals surface area contributed by atoms with Gasteiger partial charge in [-0.1, -0.05) is 11.2 Å². The second-order valence-corrected chi connectivity index (χ2v) is 3.78. The average molecular weight is 249 g/mol. The number of hydrogen-bond donors (Lipinski definition) is 2. The number of nitrogens with zero attached hydrogens (tertiary/aromatic N) is 2. The predicted octanol–water partition coefficient (Wildman–Crippen LogP) is 1.12. The predicted molar refractivity (Wildman–Crippen MR) is 64.4 cm³/mol. The van der Waals surface area contributed by atoms with E-state index in [9.17, 15) is 5.11 Å². The maximum absolute atomic E-state index is 9.46. The van der Waals surface area contributed by atoms with E-state index in [-0.39, 0.29) is 5.75 Å². The number of aromatic hydroxyl groups is 1. The van der Waals surface area contributed by atoms with Gasteiger partial charge in [-0.15, -0.1) is 0 Å². The average Bonchev–Trinajstić information content (AvgIpc) is 2.89. The molecule has 0 radical (unpaired) electrons. The van der Waals surface area contributed by atoms with Gasteiger partial charge >= 0.3 is 0 Å². The van der Waals surface area contributed by atoms with Crippen molar-refractivity contribution < 1.29 is 14.4 Å². The molecule has 0 saturated heterocycles. The molecule has 0 amide bonds. The molecular formula is C12H15N3O3. The van der Waals surface area contributed by atoms with E-state index in [1.54, 1.807) is 12.1 Å². The summed E-state index contributed by atoms with van der Waals surface area (Å²) in [6.07, 6.45) is 2.03. The van der Waals surface area contributed by atoms with Crippen LogP contribution in [0.1, 0.15) is 11.4 Å². The molecule has 0 atom stereocenters. The van der Waals surface area contributed by atoms with Crippen LogP contribution in [0, 0.1) is 0 Å². The van der Waals surface area contributed by atoms with Crippen LogP contribution >= 0.6 is 0 Å². The van der Waals surface area contributed by atoms with Crippen molar-refractivity contribution in [2.24, 2.45) is 0 Å². The van der Waals surface area contributed by atoms with Crippen LogP contribution in [0.5, 0.6) is 11.5 Å².